The van der Waals surface area contributed by atoms with Gasteiger partial charge in [0.15, 0.2) is 0 Å². The molecule has 0 radical (unpaired) electrons. The zero-order chi connectivity index (χ0) is 12.4. The molecule has 1 fully saturated rings. The van der Waals surface area contributed by atoms with Crippen molar-refractivity contribution in [2.45, 2.75) is 19.9 Å². The summed E-state index contributed by atoms with van der Waals surface area (Å²) in [5, 5.41) is 3.29. The lowest BCUT2D eigenvalue weighted by molar-refractivity contribution is 0.0655. The Morgan fingerprint density at radius 3 is 2.83 bits per heavy atom. The molecule has 0 bridgehead atoms. The average Bonchev–Trinajstić information content (AvgIpc) is 2.29. The molecular formula is C13H18BrClN2O. The Labute approximate surface area is 122 Å². The molecule has 3 nitrogen and oxygen atoms in total. The van der Waals surface area contributed by atoms with Crippen molar-refractivity contribution in [3.05, 3.63) is 33.8 Å². The highest BCUT2D eigenvalue weighted by molar-refractivity contribution is 9.10. The second kappa shape index (κ2) is 6.55. The maximum absolute atomic E-state index is 12.4. The fraction of sp³-hybridized carbons (Fsp3) is 0.462. The van der Waals surface area contributed by atoms with E-state index < -0.39 is 0 Å². The van der Waals surface area contributed by atoms with E-state index in [0.717, 1.165) is 35.2 Å². The highest BCUT2D eigenvalue weighted by Crippen LogP contribution is 2.18. The summed E-state index contributed by atoms with van der Waals surface area (Å²) in [6.45, 7) is 6.60. The smallest absolute Gasteiger partial charge is 0.254 e. The van der Waals surface area contributed by atoms with Crippen LogP contribution in [0.2, 0.25) is 0 Å². The Bertz CT molecular complexity index is 439. The van der Waals surface area contributed by atoms with E-state index in [1.807, 2.05) is 30.0 Å². The van der Waals surface area contributed by atoms with E-state index in [1.165, 1.54) is 0 Å². The summed E-state index contributed by atoms with van der Waals surface area (Å²) in [5.74, 6) is 0.143. The molecule has 1 aliphatic heterocycles. The number of nitrogens with zero attached hydrogens (tertiary/aromatic N) is 1. The fourth-order valence-electron chi connectivity index (χ4n) is 2.16. The number of amides is 1. The molecule has 0 saturated carbocycles. The van der Waals surface area contributed by atoms with Crippen LogP contribution in [0.1, 0.15) is 22.8 Å². The number of hydrogen-bond acceptors (Lipinski definition) is 2. The van der Waals surface area contributed by atoms with E-state index in [4.69, 9.17) is 0 Å². The number of nitrogens with one attached hydrogen (secondary N) is 1. The van der Waals surface area contributed by atoms with Crippen molar-refractivity contribution in [1.29, 1.82) is 0 Å². The van der Waals surface area contributed by atoms with Gasteiger partial charge in [0.05, 0.1) is 0 Å². The van der Waals surface area contributed by atoms with Gasteiger partial charge in [-0.15, -0.1) is 12.4 Å². The summed E-state index contributed by atoms with van der Waals surface area (Å²) in [6.07, 6.45) is 0. The summed E-state index contributed by atoms with van der Waals surface area (Å²) in [7, 11) is 0. The Hall–Kier alpha value is -0.580. The van der Waals surface area contributed by atoms with Crippen molar-refractivity contribution in [2.75, 3.05) is 19.6 Å². The molecule has 2 rings (SSSR count). The van der Waals surface area contributed by atoms with Crippen LogP contribution in [0, 0.1) is 6.92 Å². The van der Waals surface area contributed by atoms with Crippen LogP contribution in [-0.2, 0) is 0 Å². The van der Waals surface area contributed by atoms with Crippen molar-refractivity contribution in [1.82, 2.24) is 10.2 Å². The number of halogens is 2. The van der Waals surface area contributed by atoms with Gasteiger partial charge in [0.1, 0.15) is 0 Å². The van der Waals surface area contributed by atoms with Gasteiger partial charge in [-0.2, -0.15) is 0 Å². The first kappa shape index (κ1) is 15.5. The second-order valence-corrected chi connectivity index (χ2v) is 5.43. The van der Waals surface area contributed by atoms with Crippen LogP contribution in [0.15, 0.2) is 22.7 Å². The average molecular weight is 334 g/mol. The lowest BCUT2D eigenvalue weighted by atomic mass is 10.1. The number of hydrogen-bond donors (Lipinski definition) is 1. The maximum Gasteiger partial charge on any atom is 0.254 e. The molecule has 1 aliphatic rings. The Balaban J connectivity index is 0.00000162. The molecule has 100 valence electrons. The van der Waals surface area contributed by atoms with Gasteiger partial charge in [-0.3, -0.25) is 4.79 Å². The third-order valence-electron chi connectivity index (χ3n) is 3.18. The zero-order valence-corrected chi connectivity index (χ0v) is 13.0. The lowest BCUT2D eigenvalue weighted by Crippen LogP contribution is -2.52. The van der Waals surface area contributed by atoms with E-state index >= 15 is 0 Å². The number of piperazine rings is 1. The summed E-state index contributed by atoms with van der Waals surface area (Å²) in [4.78, 5) is 14.4. The van der Waals surface area contributed by atoms with Crippen LogP contribution in [0.25, 0.3) is 0 Å². The topological polar surface area (TPSA) is 32.3 Å². The summed E-state index contributed by atoms with van der Waals surface area (Å²) < 4.78 is 1.01. The van der Waals surface area contributed by atoms with Gasteiger partial charge in [-0.25, -0.2) is 0 Å². The van der Waals surface area contributed by atoms with Crippen molar-refractivity contribution in [3.63, 3.8) is 0 Å². The van der Waals surface area contributed by atoms with Crippen molar-refractivity contribution in [2.24, 2.45) is 0 Å². The lowest BCUT2D eigenvalue weighted by Gasteiger charge is -2.34. The van der Waals surface area contributed by atoms with Crippen molar-refractivity contribution < 1.29 is 4.79 Å². The van der Waals surface area contributed by atoms with Gasteiger partial charge in [-0.1, -0.05) is 15.9 Å². The summed E-state index contributed by atoms with van der Waals surface area (Å²) in [5.41, 5.74) is 1.83. The molecule has 0 unspecified atom stereocenters. The Kier molecular flexibility index (Phi) is 5.63. The molecule has 0 aliphatic carbocycles. The van der Waals surface area contributed by atoms with Gasteiger partial charge < -0.3 is 10.2 Å². The third-order valence-corrected chi connectivity index (χ3v) is 3.67. The first-order valence-corrected chi connectivity index (χ1v) is 6.66. The summed E-state index contributed by atoms with van der Waals surface area (Å²) >= 11 is 3.42. The minimum absolute atomic E-state index is 0. The van der Waals surface area contributed by atoms with E-state index in [2.05, 4.69) is 28.2 Å². The largest absolute Gasteiger partial charge is 0.333 e. The predicted octanol–water partition coefficient (Wildman–Crippen LogP) is 2.61. The highest BCUT2D eigenvalue weighted by Gasteiger charge is 2.24. The number of carbonyl (C=O) groups is 1. The molecule has 1 aromatic carbocycles. The fourth-order valence-corrected chi connectivity index (χ4v) is 2.64. The van der Waals surface area contributed by atoms with Gasteiger partial charge >= 0.3 is 0 Å². The van der Waals surface area contributed by atoms with E-state index in [-0.39, 0.29) is 24.4 Å². The van der Waals surface area contributed by atoms with E-state index in [0.29, 0.717) is 0 Å². The minimum Gasteiger partial charge on any atom is -0.333 e. The molecule has 1 saturated heterocycles. The quantitative estimate of drug-likeness (QED) is 0.857. The first-order valence-electron chi connectivity index (χ1n) is 5.87. The molecule has 18 heavy (non-hydrogen) atoms. The molecule has 1 amide bonds. The molecule has 0 spiro atoms. The number of benzene rings is 1. The van der Waals surface area contributed by atoms with E-state index in [9.17, 15) is 4.79 Å². The van der Waals surface area contributed by atoms with Gasteiger partial charge in [0.2, 0.25) is 0 Å². The Morgan fingerprint density at radius 2 is 2.22 bits per heavy atom. The third kappa shape index (κ3) is 3.25. The standard InChI is InChI=1S/C13H17BrN2O.ClH/c1-9-7-11(14)3-4-12(9)13(17)16-6-5-15-8-10(16)2;/h3-4,7,10,15H,5-6,8H2,1-2H3;1H/t10-;/m0./s1. The minimum atomic E-state index is 0. The predicted molar refractivity (Wildman–Crippen MR) is 79.5 cm³/mol. The molecule has 0 aromatic heterocycles. The second-order valence-electron chi connectivity index (χ2n) is 4.51. The Morgan fingerprint density at radius 1 is 1.50 bits per heavy atom. The van der Waals surface area contributed by atoms with Crippen LogP contribution in [-0.4, -0.2) is 36.5 Å². The maximum atomic E-state index is 12.4. The molecule has 1 atom stereocenters. The molecule has 1 aromatic rings. The van der Waals surface area contributed by atoms with Gasteiger partial charge in [0, 0.05) is 35.7 Å². The normalized spacial score (nSPS) is 19.3. The molecule has 1 N–H and O–H groups in total. The van der Waals surface area contributed by atoms with E-state index in [1.54, 1.807) is 0 Å². The highest BCUT2D eigenvalue weighted by atomic mass is 79.9. The number of rotatable bonds is 1. The molecular weight excluding hydrogens is 316 g/mol. The first-order chi connectivity index (χ1) is 8.09. The van der Waals surface area contributed by atoms with Gasteiger partial charge in [0.25, 0.3) is 5.91 Å². The van der Waals surface area contributed by atoms with Gasteiger partial charge in [-0.05, 0) is 37.6 Å². The number of aryl methyl sites for hydroxylation is 1. The number of carbonyl (C=O) groups excluding carboxylic acids is 1. The van der Waals surface area contributed by atoms with Crippen LogP contribution in [0.5, 0.6) is 0 Å². The molecule has 5 heteroatoms. The van der Waals surface area contributed by atoms with Crippen LogP contribution < -0.4 is 5.32 Å². The monoisotopic (exact) mass is 332 g/mol. The van der Waals surface area contributed by atoms with Crippen LogP contribution >= 0.6 is 28.3 Å². The van der Waals surface area contributed by atoms with Crippen molar-refractivity contribution >= 4 is 34.2 Å². The SMILES string of the molecule is Cc1cc(Br)ccc1C(=O)N1CCNC[C@@H]1C.Cl. The zero-order valence-electron chi connectivity index (χ0n) is 10.6. The molecule has 1 heterocycles. The van der Waals surface area contributed by atoms with Crippen LogP contribution in [0.3, 0.4) is 0 Å². The van der Waals surface area contributed by atoms with Crippen LogP contribution in [0.4, 0.5) is 0 Å². The summed E-state index contributed by atoms with van der Waals surface area (Å²) in [6, 6.07) is 6.07. The van der Waals surface area contributed by atoms with Crippen molar-refractivity contribution in [3.8, 4) is 0 Å².